The van der Waals surface area contributed by atoms with E-state index in [2.05, 4.69) is 98.3 Å². The maximum absolute atomic E-state index is 11.2. The topological polar surface area (TPSA) is 90.1 Å². The van der Waals surface area contributed by atoms with E-state index in [-0.39, 0.29) is 5.57 Å². The monoisotopic (exact) mass is 604 g/mol. The van der Waals surface area contributed by atoms with Gasteiger partial charge >= 0.3 is 5.97 Å². The number of nitriles is 1. The second-order valence-electron chi connectivity index (χ2n) is 9.88. The summed E-state index contributed by atoms with van der Waals surface area (Å²) in [6.45, 7) is 0. The molecule has 1 N–H and O–H groups in total. The molecular weight excluding hydrogens is 585 g/mol. The van der Waals surface area contributed by atoms with Crippen molar-refractivity contribution in [1.29, 1.82) is 5.26 Å². The lowest BCUT2D eigenvalue weighted by Crippen LogP contribution is -2.11. The van der Waals surface area contributed by atoms with Gasteiger partial charge in [-0.2, -0.15) is 14.0 Å². The lowest BCUT2D eigenvalue weighted by atomic mass is 10.1. The van der Waals surface area contributed by atoms with Crippen LogP contribution < -0.4 is 4.90 Å². The Morgan fingerprint density at radius 2 is 1.48 bits per heavy atom. The average Bonchev–Trinajstić information content (AvgIpc) is 3.70. The Balaban J connectivity index is 1.19. The first-order valence-corrected chi connectivity index (χ1v) is 15.1. The van der Waals surface area contributed by atoms with E-state index in [1.54, 1.807) is 12.1 Å². The van der Waals surface area contributed by atoms with Gasteiger partial charge in [-0.05, 0) is 77.9 Å². The second-order valence-corrected chi connectivity index (χ2v) is 11.5. The lowest BCUT2D eigenvalue weighted by Gasteiger charge is -2.27. The third-order valence-electron chi connectivity index (χ3n) is 7.21. The fourth-order valence-electron chi connectivity index (χ4n) is 5.11. The van der Waals surface area contributed by atoms with Crippen LogP contribution >= 0.6 is 23.1 Å². The molecule has 4 aromatic carbocycles. The normalized spacial score (nSPS) is 12.1. The summed E-state index contributed by atoms with van der Waals surface area (Å²) >= 11 is 2.51. The van der Waals surface area contributed by atoms with E-state index in [4.69, 9.17) is 10.4 Å². The number of carboxylic acids is 1. The summed E-state index contributed by atoms with van der Waals surface area (Å²) in [5.41, 5.74) is 9.27. The van der Waals surface area contributed by atoms with Crippen molar-refractivity contribution < 1.29 is 9.90 Å². The van der Waals surface area contributed by atoms with E-state index in [1.165, 1.54) is 17.4 Å². The Labute approximate surface area is 261 Å². The molecule has 7 rings (SSSR count). The van der Waals surface area contributed by atoms with Crippen LogP contribution in [0.4, 0.5) is 17.1 Å². The van der Waals surface area contributed by atoms with Crippen molar-refractivity contribution in [3.05, 3.63) is 130 Å². The first kappa shape index (κ1) is 27.1. The number of thiophene rings is 1. The van der Waals surface area contributed by atoms with Crippen LogP contribution in [0.15, 0.2) is 103 Å². The largest absolute Gasteiger partial charge is 0.477 e. The van der Waals surface area contributed by atoms with E-state index >= 15 is 0 Å². The van der Waals surface area contributed by atoms with Gasteiger partial charge in [0.2, 0.25) is 0 Å². The third kappa shape index (κ3) is 5.05. The maximum Gasteiger partial charge on any atom is 0.346 e. The van der Waals surface area contributed by atoms with Crippen LogP contribution in [0.5, 0.6) is 0 Å². The quantitative estimate of drug-likeness (QED) is 0.123. The van der Waals surface area contributed by atoms with Gasteiger partial charge in [0.05, 0.1) is 28.7 Å². The van der Waals surface area contributed by atoms with Crippen molar-refractivity contribution in [3.8, 4) is 28.4 Å². The van der Waals surface area contributed by atoms with Gasteiger partial charge in [0.1, 0.15) is 22.7 Å². The van der Waals surface area contributed by atoms with Crippen LogP contribution in [0.1, 0.15) is 27.1 Å². The number of benzene rings is 4. The molecule has 8 heteroatoms. The van der Waals surface area contributed by atoms with Crippen LogP contribution in [0.3, 0.4) is 0 Å². The lowest BCUT2D eigenvalue weighted by molar-refractivity contribution is -0.132. The molecule has 1 aliphatic heterocycles. The molecule has 0 spiro atoms. The Bertz CT molecular complexity index is 2190. The minimum Gasteiger partial charge on any atom is -0.477 e. The summed E-state index contributed by atoms with van der Waals surface area (Å²) < 4.78 is 9.05. The molecular formula is C36H20N4O2S2. The molecule has 1 aliphatic rings. The highest BCUT2D eigenvalue weighted by Crippen LogP contribution is 2.41. The summed E-state index contributed by atoms with van der Waals surface area (Å²) in [6.07, 6.45) is 5.69. The highest BCUT2D eigenvalue weighted by atomic mass is 32.1. The zero-order valence-electron chi connectivity index (χ0n) is 22.9. The molecule has 0 atom stereocenters. The summed E-state index contributed by atoms with van der Waals surface area (Å²) in [5.74, 6) is 5.32. The first-order chi connectivity index (χ1) is 21.6. The van der Waals surface area contributed by atoms with Crippen molar-refractivity contribution in [2.24, 2.45) is 0 Å². The van der Waals surface area contributed by atoms with E-state index in [0.29, 0.717) is 4.88 Å². The number of anilines is 3. The summed E-state index contributed by atoms with van der Waals surface area (Å²) in [7, 11) is 0. The molecule has 0 unspecified atom stereocenters. The van der Waals surface area contributed by atoms with Crippen molar-refractivity contribution in [1.82, 2.24) is 8.75 Å². The van der Waals surface area contributed by atoms with E-state index in [0.717, 1.165) is 72.5 Å². The number of nitrogens with zero attached hydrogens (tertiary/aromatic N) is 4. The van der Waals surface area contributed by atoms with E-state index in [1.807, 2.05) is 30.3 Å². The molecule has 6 nitrogen and oxygen atoms in total. The average molecular weight is 605 g/mol. The van der Waals surface area contributed by atoms with Gasteiger partial charge in [0.25, 0.3) is 0 Å². The Morgan fingerprint density at radius 1 is 0.795 bits per heavy atom. The number of para-hydroxylation sites is 2. The van der Waals surface area contributed by atoms with Crippen molar-refractivity contribution >= 4 is 75.4 Å². The third-order valence-corrected chi connectivity index (χ3v) is 8.80. The predicted molar refractivity (Wildman–Crippen MR) is 178 cm³/mol. The molecule has 208 valence electrons. The number of rotatable bonds is 4. The Kier molecular flexibility index (Phi) is 7.05. The van der Waals surface area contributed by atoms with Gasteiger partial charge in [-0.3, -0.25) is 0 Å². The van der Waals surface area contributed by atoms with Crippen LogP contribution in [0.2, 0.25) is 0 Å². The minimum atomic E-state index is -1.25. The zero-order valence-corrected chi connectivity index (χ0v) is 24.6. The number of aromatic nitrogens is 2. The molecule has 0 saturated heterocycles. The van der Waals surface area contributed by atoms with Crippen LogP contribution in [0, 0.1) is 23.2 Å². The number of fused-ring (bicyclic) bond motifs is 3. The van der Waals surface area contributed by atoms with Crippen LogP contribution in [-0.4, -0.2) is 19.8 Å². The smallest absolute Gasteiger partial charge is 0.346 e. The number of aliphatic carboxylic acids is 1. The second kappa shape index (κ2) is 11.5. The van der Waals surface area contributed by atoms with E-state index < -0.39 is 5.97 Å². The molecule has 6 aromatic rings. The molecule has 0 aliphatic carbocycles. The molecule has 0 amide bonds. The predicted octanol–water partition coefficient (Wildman–Crippen LogP) is 8.76. The maximum atomic E-state index is 11.2. The number of carbonyl (C=O) groups is 1. The molecule has 2 aromatic heterocycles. The Morgan fingerprint density at radius 3 is 2.16 bits per heavy atom. The highest BCUT2D eigenvalue weighted by Gasteiger charge is 2.19. The highest BCUT2D eigenvalue weighted by molar-refractivity contribution is 7.16. The molecule has 0 fully saturated rings. The standard InChI is InChI=1S/C36H20N4O2S2/c37-22-27(36(41)42)21-29-18-20-33(43-29)30-19-15-26(34-35(30)39-44-38-34)12-9-23-10-16-28(17-11-23)40-31-7-3-1-5-24(31)13-14-25-6-2-4-8-32(25)40/h1-8,10-11,13-21H,(H,41,42)/b27-21+. The summed E-state index contributed by atoms with van der Waals surface area (Å²) in [4.78, 5) is 15.1. The van der Waals surface area contributed by atoms with E-state index in [9.17, 15) is 4.79 Å². The molecule has 0 radical (unpaired) electrons. The van der Waals surface area contributed by atoms with Crippen LogP contribution in [0.25, 0.3) is 39.7 Å². The van der Waals surface area contributed by atoms with Gasteiger partial charge in [-0.15, -0.1) is 11.3 Å². The van der Waals surface area contributed by atoms with Gasteiger partial charge in [-0.25, -0.2) is 4.79 Å². The molecule has 0 bridgehead atoms. The van der Waals surface area contributed by atoms with Crippen molar-refractivity contribution in [2.75, 3.05) is 4.90 Å². The summed E-state index contributed by atoms with van der Waals surface area (Å²) in [5, 5.41) is 18.3. The number of carboxylic acid groups (broad SMARTS) is 1. The summed E-state index contributed by atoms with van der Waals surface area (Å²) in [6, 6.07) is 34.3. The number of hydrogen-bond acceptors (Lipinski definition) is 7. The Hall–Kier alpha value is -5.80. The van der Waals surface area contributed by atoms with Gasteiger partial charge in [0, 0.05) is 26.6 Å². The van der Waals surface area contributed by atoms with Gasteiger partial charge < -0.3 is 10.0 Å². The van der Waals surface area contributed by atoms with Gasteiger partial charge in [0.15, 0.2) is 0 Å². The number of hydrogen-bond donors (Lipinski definition) is 1. The minimum absolute atomic E-state index is 0.310. The SMILES string of the molecule is N#C/C(=C\c1ccc(-c2ccc(C#Cc3ccc(N4c5ccccc5C=Cc5ccccc54)cc3)c3nsnc23)s1)C(=O)O. The fourth-order valence-corrected chi connectivity index (χ4v) is 6.66. The van der Waals surface area contributed by atoms with Gasteiger partial charge in [-0.1, -0.05) is 60.4 Å². The first-order valence-electron chi connectivity index (χ1n) is 13.6. The molecule has 44 heavy (non-hydrogen) atoms. The molecule has 0 saturated carbocycles. The zero-order chi connectivity index (χ0) is 30.0. The molecule has 3 heterocycles. The van der Waals surface area contributed by atoms with Crippen molar-refractivity contribution in [3.63, 3.8) is 0 Å². The fraction of sp³-hybridized carbons (Fsp3) is 0. The van der Waals surface area contributed by atoms with Crippen molar-refractivity contribution in [2.45, 2.75) is 0 Å². The van der Waals surface area contributed by atoms with Crippen LogP contribution in [-0.2, 0) is 4.79 Å².